The molecule has 11 nitrogen and oxygen atoms in total. The quantitative estimate of drug-likeness (QED) is 0.0197. The number of hydrogen-bond donors (Lipinski definition) is 6. The summed E-state index contributed by atoms with van der Waals surface area (Å²) < 4.78 is 16.6. The van der Waals surface area contributed by atoms with E-state index >= 15 is 0 Å². The van der Waals surface area contributed by atoms with Crippen molar-refractivity contribution in [2.24, 2.45) is 0 Å². The lowest BCUT2D eigenvalue weighted by Crippen LogP contribution is -2.60. The molecule has 11 heteroatoms. The van der Waals surface area contributed by atoms with Crippen LogP contribution in [0.4, 0.5) is 0 Å². The highest BCUT2D eigenvalue weighted by atomic mass is 16.7. The normalized spacial score (nSPS) is 20.5. The summed E-state index contributed by atoms with van der Waals surface area (Å²) in [5.41, 5.74) is 0. The maximum absolute atomic E-state index is 12.9. The van der Waals surface area contributed by atoms with Gasteiger partial charge in [-0.05, 0) is 51.9 Å². The van der Waals surface area contributed by atoms with Gasteiger partial charge >= 0.3 is 5.97 Å². The highest BCUT2D eigenvalue weighted by Gasteiger charge is 2.44. The number of esters is 1. The third-order valence-corrected chi connectivity index (χ3v) is 11.6. The summed E-state index contributed by atoms with van der Waals surface area (Å²) in [6.07, 6.45) is 36.7. The molecule has 0 aromatic rings. The summed E-state index contributed by atoms with van der Waals surface area (Å²) in [6, 6.07) is -0.842. The lowest BCUT2D eigenvalue weighted by atomic mass is 9.99. The molecule has 1 aliphatic heterocycles. The lowest BCUT2D eigenvalue weighted by Gasteiger charge is -2.40. The number of ether oxygens (including phenoxy) is 3. The van der Waals surface area contributed by atoms with Gasteiger partial charge in [0.1, 0.15) is 24.4 Å². The van der Waals surface area contributed by atoms with Crippen molar-refractivity contribution in [3.8, 4) is 0 Å². The first-order valence-electron chi connectivity index (χ1n) is 24.7. The molecular formula is C50H91NO10. The van der Waals surface area contributed by atoms with Crippen molar-refractivity contribution in [2.75, 3.05) is 19.8 Å². The van der Waals surface area contributed by atoms with Crippen LogP contribution in [-0.2, 0) is 23.8 Å². The van der Waals surface area contributed by atoms with Crippen LogP contribution >= 0.6 is 0 Å². The van der Waals surface area contributed by atoms with Crippen molar-refractivity contribution in [3.63, 3.8) is 0 Å². The zero-order valence-electron chi connectivity index (χ0n) is 38.6. The van der Waals surface area contributed by atoms with Gasteiger partial charge in [-0.25, -0.2) is 0 Å². The van der Waals surface area contributed by atoms with E-state index in [0.717, 1.165) is 70.6 Å². The molecule has 6 N–H and O–H groups in total. The average molecular weight is 866 g/mol. The molecule has 0 spiro atoms. The summed E-state index contributed by atoms with van der Waals surface area (Å²) in [5, 5.41) is 54.0. The van der Waals surface area contributed by atoms with Gasteiger partial charge in [-0.1, -0.05) is 178 Å². The van der Waals surface area contributed by atoms with Crippen LogP contribution in [-0.4, -0.2) is 100 Å². The Balaban J connectivity index is 2.16. The Labute approximate surface area is 371 Å². The average Bonchev–Trinajstić information content (AvgIpc) is 3.25. The molecule has 1 aliphatic rings. The Morgan fingerprint density at radius 2 is 1.10 bits per heavy atom. The second-order valence-corrected chi connectivity index (χ2v) is 17.2. The molecule has 0 saturated carbocycles. The molecule has 1 fully saturated rings. The fourth-order valence-corrected chi connectivity index (χ4v) is 7.59. The number of rotatable bonds is 41. The summed E-state index contributed by atoms with van der Waals surface area (Å²) in [7, 11) is 0. The van der Waals surface area contributed by atoms with Crippen LogP contribution in [0.1, 0.15) is 206 Å². The molecule has 7 atom stereocenters. The van der Waals surface area contributed by atoms with Gasteiger partial charge in [-0.2, -0.15) is 0 Å². The molecule has 356 valence electrons. The van der Waals surface area contributed by atoms with E-state index in [2.05, 4.69) is 30.5 Å². The third kappa shape index (κ3) is 31.4. The number of carbonyl (C=O) groups is 2. The standard InChI is InChI=1S/C50H91NO10/c1-3-5-7-9-11-13-17-22-26-30-34-38-46(55)59-39-35-31-27-23-19-16-14-15-18-21-25-29-33-37-45(54)51-42(43(53)36-32-28-24-20-12-10-8-6-4-2)41-60-50-49(58)48(57)47(56)44(40-52)61-50/h4,6,12,20,32,36,42-44,47-50,52-53,56-58H,3,5,7-11,13-19,21-31,33-35,37-41H2,1-2H3,(H,51,54)/b6-4+,20-12+,36-32+. The van der Waals surface area contributed by atoms with E-state index < -0.39 is 49.5 Å². The fraction of sp³-hybridized carbons (Fsp3) is 0.840. The minimum atomic E-state index is -1.58. The predicted octanol–water partition coefficient (Wildman–Crippen LogP) is 9.60. The SMILES string of the molecule is C/C=C/CC/C=C/CC/C=C/C(O)C(COC1OC(CO)C(O)C(O)C1O)NC(=O)CCCCCCCCCCCCCCCOC(=O)CCCCCCCCCCCCC. The van der Waals surface area contributed by atoms with Crippen molar-refractivity contribution in [1.82, 2.24) is 5.32 Å². The van der Waals surface area contributed by atoms with Gasteiger partial charge in [0.25, 0.3) is 0 Å². The van der Waals surface area contributed by atoms with Crippen LogP contribution in [0, 0.1) is 0 Å². The molecule has 0 radical (unpaired) electrons. The Kier molecular flexibility index (Phi) is 37.9. The minimum Gasteiger partial charge on any atom is -0.466 e. The molecule has 0 aliphatic carbocycles. The van der Waals surface area contributed by atoms with Gasteiger partial charge in [-0.3, -0.25) is 9.59 Å². The highest BCUT2D eigenvalue weighted by molar-refractivity contribution is 5.76. The molecule has 0 aromatic heterocycles. The fourth-order valence-electron chi connectivity index (χ4n) is 7.59. The van der Waals surface area contributed by atoms with E-state index in [1.807, 2.05) is 19.1 Å². The van der Waals surface area contributed by atoms with Crippen LogP contribution in [0.25, 0.3) is 0 Å². The van der Waals surface area contributed by atoms with Crippen molar-refractivity contribution in [1.29, 1.82) is 0 Å². The lowest BCUT2D eigenvalue weighted by molar-refractivity contribution is -0.302. The monoisotopic (exact) mass is 866 g/mol. The zero-order valence-corrected chi connectivity index (χ0v) is 38.6. The first kappa shape index (κ1) is 56.9. The summed E-state index contributed by atoms with van der Waals surface area (Å²) >= 11 is 0. The number of amides is 1. The number of aliphatic hydroxyl groups excluding tert-OH is 5. The van der Waals surface area contributed by atoms with Crippen molar-refractivity contribution in [3.05, 3.63) is 36.5 Å². The molecule has 0 bridgehead atoms. The molecule has 1 amide bonds. The van der Waals surface area contributed by atoms with E-state index in [-0.39, 0.29) is 18.5 Å². The zero-order chi connectivity index (χ0) is 44.6. The molecule has 61 heavy (non-hydrogen) atoms. The Bertz CT molecular complexity index is 1110. The minimum absolute atomic E-state index is 0.0309. The summed E-state index contributed by atoms with van der Waals surface area (Å²) in [4.78, 5) is 24.9. The summed E-state index contributed by atoms with van der Waals surface area (Å²) in [5.74, 6) is -0.244. The topological polar surface area (TPSA) is 175 Å². The number of carbonyl (C=O) groups excluding carboxylic acids is 2. The smallest absolute Gasteiger partial charge is 0.305 e. The van der Waals surface area contributed by atoms with Gasteiger partial charge in [0.05, 0.1) is 32.0 Å². The van der Waals surface area contributed by atoms with Crippen LogP contribution in [0.5, 0.6) is 0 Å². The van der Waals surface area contributed by atoms with E-state index in [9.17, 15) is 35.1 Å². The maximum atomic E-state index is 12.9. The molecule has 1 rings (SSSR count). The van der Waals surface area contributed by atoms with Crippen molar-refractivity contribution in [2.45, 2.75) is 249 Å². The molecule has 1 saturated heterocycles. The second-order valence-electron chi connectivity index (χ2n) is 17.2. The van der Waals surface area contributed by atoms with Crippen LogP contribution in [0.2, 0.25) is 0 Å². The molecule has 0 aromatic carbocycles. The van der Waals surface area contributed by atoms with E-state index in [4.69, 9.17) is 14.2 Å². The van der Waals surface area contributed by atoms with Crippen LogP contribution < -0.4 is 5.32 Å². The maximum Gasteiger partial charge on any atom is 0.305 e. The van der Waals surface area contributed by atoms with Crippen LogP contribution in [0.15, 0.2) is 36.5 Å². The van der Waals surface area contributed by atoms with Crippen molar-refractivity contribution >= 4 is 11.9 Å². The van der Waals surface area contributed by atoms with Gasteiger partial charge in [0, 0.05) is 12.8 Å². The summed E-state index contributed by atoms with van der Waals surface area (Å²) in [6.45, 7) is 4.02. The largest absolute Gasteiger partial charge is 0.466 e. The Hall–Kier alpha value is -2.12. The second kappa shape index (κ2) is 40.6. The molecule has 7 unspecified atom stereocenters. The first-order valence-corrected chi connectivity index (χ1v) is 24.7. The van der Waals surface area contributed by atoms with E-state index in [0.29, 0.717) is 25.9 Å². The predicted molar refractivity (Wildman–Crippen MR) is 246 cm³/mol. The van der Waals surface area contributed by atoms with Gasteiger partial charge < -0.3 is 45.1 Å². The van der Waals surface area contributed by atoms with Crippen LogP contribution in [0.3, 0.4) is 0 Å². The van der Waals surface area contributed by atoms with Gasteiger partial charge in [0.2, 0.25) is 5.91 Å². The van der Waals surface area contributed by atoms with E-state index in [1.165, 1.54) is 103 Å². The molecule has 1 heterocycles. The number of allylic oxidation sites excluding steroid dienone is 5. The third-order valence-electron chi connectivity index (χ3n) is 11.6. The highest BCUT2D eigenvalue weighted by Crippen LogP contribution is 2.23. The van der Waals surface area contributed by atoms with Crippen molar-refractivity contribution < 1.29 is 49.3 Å². The number of aliphatic hydroxyl groups is 5. The first-order chi connectivity index (χ1) is 29.7. The van der Waals surface area contributed by atoms with Gasteiger partial charge in [0.15, 0.2) is 6.29 Å². The number of nitrogens with one attached hydrogen (secondary N) is 1. The molecular weight excluding hydrogens is 775 g/mol. The Morgan fingerprint density at radius 3 is 1.62 bits per heavy atom. The van der Waals surface area contributed by atoms with Gasteiger partial charge in [-0.15, -0.1) is 0 Å². The van der Waals surface area contributed by atoms with E-state index in [1.54, 1.807) is 6.08 Å². The number of unbranched alkanes of at least 4 members (excludes halogenated alkanes) is 24. The number of hydrogen-bond acceptors (Lipinski definition) is 10. The Morgan fingerprint density at radius 1 is 0.623 bits per heavy atom.